The molecule has 0 saturated carbocycles. The second kappa shape index (κ2) is 8.74. The molecule has 3 heterocycles. The first-order chi connectivity index (χ1) is 15.6. The molecule has 0 radical (unpaired) electrons. The molecular weight excluding hydrogens is 406 g/mol. The molecule has 0 spiro atoms. The van der Waals surface area contributed by atoms with Crippen molar-refractivity contribution in [2.24, 2.45) is 0 Å². The third kappa shape index (κ3) is 4.44. The average Bonchev–Trinajstić information content (AvgIpc) is 3.28. The van der Waals surface area contributed by atoms with Crippen LogP contribution in [0.2, 0.25) is 0 Å². The van der Waals surface area contributed by atoms with E-state index in [0.717, 1.165) is 36.2 Å². The standard InChI is InChI=1S/C24H25N5O3/c1-16-13-22(28-24(25-16)29-11-3-2-4-12-29)26-18-6-8-19(9-7-18)27-23(30)17-5-10-20-21(14-17)32-15-31-20/h5-10,13-14H,2-4,11-12,15H2,1H3,(H,27,30)(H,25,26,28). The summed E-state index contributed by atoms with van der Waals surface area (Å²) in [5, 5.41) is 6.25. The number of rotatable bonds is 5. The Morgan fingerprint density at radius 2 is 1.66 bits per heavy atom. The first-order valence-electron chi connectivity index (χ1n) is 10.8. The summed E-state index contributed by atoms with van der Waals surface area (Å²) in [6, 6.07) is 14.6. The van der Waals surface area contributed by atoms with Crippen LogP contribution in [0.3, 0.4) is 0 Å². The number of carbonyl (C=O) groups excluding carboxylic acids is 1. The van der Waals surface area contributed by atoms with E-state index in [1.807, 2.05) is 37.3 Å². The summed E-state index contributed by atoms with van der Waals surface area (Å²) in [7, 11) is 0. The normalized spacial score (nSPS) is 14.8. The maximum absolute atomic E-state index is 12.6. The molecule has 2 N–H and O–H groups in total. The van der Waals surface area contributed by atoms with Crippen LogP contribution < -0.4 is 25.0 Å². The van der Waals surface area contributed by atoms with E-state index in [2.05, 4.69) is 20.5 Å². The Balaban J connectivity index is 1.25. The molecule has 2 aliphatic heterocycles. The lowest BCUT2D eigenvalue weighted by molar-refractivity contribution is 0.102. The molecule has 32 heavy (non-hydrogen) atoms. The van der Waals surface area contributed by atoms with E-state index in [1.54, 1.807) is 18.2 Å². The summed E-state index contributed by atoms with van der Waals surface area (Å²) in [5.41, 5.74) is 3.02. The molecule has 2 aliphatic rings. The van der Waals surface area contributed by atoms with E-state index in [4.69, 9.17) is 14.5 Å². The lowest BCUT2D eigenvalue weighted by atomic mass is 10.1. The molecule has 0 bridgehead atoms. The van der Waals surface area contributed by atoms with Crippen molar-refractivity contribution in [2.45, 2.75) is 26.2 Å². The molecule has 8 nitrogen and oxygen atoms in total. The zero-order valence-corrected chi connectivity index (χ0v) is 17.9. The van der Waals surface area contributed by atoms with Gasteiger partial charge in [-0.05, 0) is 68.7 Å². The molecule has 0 unspecified atom stereocenters. The Bertz CT molecular complexity index is 1130. The zero-order chi connectivity index (χ0) is 21.9. The lowest BCUT2D eigenvalue weighted by Gasteiger charge is -2.27. The highest BCUT2D eigenvalue weighted by molar-refractivity contribution is 6.04. The number of ether oxygens (including phenoxy) is 2. The van der Waals surface area contributed by atoms with Crippen LogP contribution in [-0.2, 0) is 0 Å². The number of hydrogen-bond donors (Lipinski definition) is 2. The monoisotopic (exact) mass is 431 g/mol. The van der Waals surface area contributed by atoms with Crippen molar-refractivity contribution in [3.8, 4) is 11.5 Å². The van der Waals surface area contributed by atoms with Crippen molar-refractivity contribution >= 4 is 29.0 Å². The molecule has 2 aromatic carbocycles. The number of benzene rings is 2. The number of aryl methyl sites for hydroxylation is 1. The summed E-state index contributed by atoms with van der Waals surface area (Å²) in [5.74, 6) is 2.57. The maximum Gasteiger partial charge on any atom is 0.255 e. The molecule has 164 valence electrons. The first kappa shape index (κ1) is 20.1. The Morgan fingerprint density at radius 3 is 2.47 bits per heavy atom. The molecule has 1 fully saturated rings. The highest BCUT2D eigenvalue weighted by atomic mass is 16.7. The van der Waals surface area contributed by atoms with E-state index in [1.165, 1.54) is 19.3 Å². The number of carbonyl (C=O) groups is 1. The van der Waals surface area contributed by atoms with Crippen LogP contribution in [0, 0.1) is 6.92 Å². The van der Waals surface area contributed by atoms with Crippen molar-refractivity contribution in [3.63, 3.8) is 0 Å². The van der Waals surface area contributed by atoms with Gasteiger partial charge in [0.15, 0.2) is 11.5 Å². The fraction of sp³-hybridized carbons (Fsp3) is 0.292. The fourth-order valence-corrected chi connectivity index (χ4v) is 3.88. The second-order valence-corrected chi connectivity index (χ2v) is 7.97. The number of amides is 1. The molecule has 1 saturated heterocycles. The Labute approximate surface area is 186 Å². The number of anilines is 4. The van der Waals surface area contributed by atoms with Crippen molar-refractivity contribution in [1.82, 2.24) is 9.97 Å². The Morgan fingerprint density at radius 1 is 0.906 bits per heavy atom. The van der Waals surface area contributed by atoms with Crippen LogP contribution in [0.4, 0.5) is 23.1 Å². The molecule has 1 aromatic heterocycles. The summed E-state index contributed by atoms with van der Waals surface area (Å²) in [6.45, 7) is 4.16. The third-order valence-electron chi connectivity index (χ3n) is 5.53. The number of hydrogen-bond acceptors (Lipinski definition) is 7. The van der Waals surface area contributed by atoms with Gasteiger partial charge in [0.05, 0.1) is 0 Å². The second-order valence-electron chi connectivity index (χ2n) is 7.97. The van der Waals surface area contributed by atoms with Gasteiger partial charge in [0.2, 0.25) is 12.7 Å². The quantitative estimate of drug-likeness (QED) is 0.615. The molecule has 8 heteroatoms. The van der Waals surface area contributed by atoms with Gasteiger partial charge in [-0.15, -0.1) is 0 Å². The highest BCUT2D eigenvalue weighted by Crippen LogP contribution is 2.32. The van der Waals surface area contributed by atoms with Crippen LogP contribution in [0.5, 0.6) is 11.5 Å². The van der Waals surface area contributed by atoms with Crippen LogP contribution >= 0.6 is 0 Å². The molecular formula is C24H25N5O3. The van der Waals surface area contributed by atoms with Gasteiger partial charge in [-0.1, -0.05) is 0 Å². The van der Waals surface area contributed by atoms with Crippen molar-refractivity contribution in [2.75, 3.05) is 35.4 Å². The van der Waals surface area contributed by atoms with Gasteiger partial charge in [0, 0.05) is 41.8 Å². The minimum Gasteiger partial charge on any atom is -0.454 e. The van der Waals surface area contributed by atoms with Crippen LogP contribution in [0.1, 0.15) is 35.3 Å². The maximum atomic E-state index is 12.6. The van der Waals surface area contributed by atoms with Crippen LogP contribution in [0.15, 0.2) is 48.5 Å². The number of piperidine rings is 1. The summed E-state index contributed by atoms with van der Waals surface area (Å²) >= 11 is 0. The van der Waals surface area contributed by atoms with Crippen molar-refractivity contribution in [3.05, 3.63) is 59.8 Å². The van der Waals surface area contributed by atoms with E-state index in [-0.39, 0.29) is 12.7 Å². The molecule has 1 amide bonds. The smallest absolute Gasteiger partial charge is 0.255 e. The fourth-order valence-electron chi connectivity index (χ4n) is 3.88. The minimum absolute atomic E-state index is 0.181. The third-order valence-corrected chi connectivity index (χ3v) is 5.53. The largest absolute Gasteiger partial charge is 0.454 e. The van der Waals surface area contributed by atoms with Gasteiger partial charge >= 0.3 is 0 Å². The first-order valence-corrected chi connectivity index (χ1v) is 10.8. The molecule has 0 atom stereocenters. The predicted octanol–water partition coefficient (Wildman–Crippen LogP) is 4.50. The van der Waals surface area contributed by atoms with Gasteiger partial charge in [-0.2, -0.15) is 4.98 Å². The Hall–Kier alpha value is -3.81. The summed E-state index contributed by atoms with van der Waals surface area (Å²) in [6.07, 6.45) is 3.63. The van der Waals surface area contributed by atoms with Gasteiger partial charge < -0.3 is 25.0 Å². The van der Waals surface area contributed by atoms with Crippen molar-refractivity contribution in [1.29, 1.82) is 0 Å². The predicted molar refractivity (Wildman–Crippen MR) is 123 cm³/mol. The number of nitrogens with one attached hydrogen (secondary N) is 2. The number of nitrogens with zero attached hydrogens (tertiary/aromatic N) is 3. The topological polar surface area (TPSA) is 88.6 Å². The summed E-state index contributed by atoms with van der Waals surface area (Å²) < 4.78 is 10.6. The van der Waals surface area contributed by atoms with Gasteiger partial charge in [-0.3, -0.25) is 4.79 Å². The zero-order valence-electron chi connectivity index (χ0n) is 17.9. The molecule has 0 aliphatic carbocycles. The number of fused-ring (bicyclic) bond motifs is 1. The van der Waals surface area contributed by atoms with Gasteiger partial charge in [0.25, 0.3) is 5.91 Å². The molecule has 3 aromatic rings. The Kier molecular flexibility index (Phi) is 5.49. The van der Waals surface area contributed by atoms with E-state index >= 15 is 0 Å². The SMILES string of the molecule is Cc1cc(Nc2ccc(NC(=O)c3ccc4c(c3)OCO4)cc2)nc(N2CCCCC2)n1. The lowest BCUT2D eigenvalue weighted by Crippen LogP contribution is -2.31. The van der Waals surface area contributed by atoms with Crippen molar-refractivity contribution < 1.29 is 14.3 Å². The van der Waals surface area contributed by atoms with E-state index < -0.39 is 0 Å². The van der Waals surface area contributed by atoms with E-state index in [9.17, 15) is 4.79 Å². The summed E-state index contributed by atoms with van der Waals surface area (Å²) in [4.78, 5) is 24.1. The highest BCUT2D eigenvalue weighted by Gasteiger charge is 2.17. The van der Waals surface area contributed by atoms with E-state index in [0.29, 0.717) is 22.7 Å². The minimum atomic E-state index is -0.207. The number of aromatic nitrogens is 2. The van der Waals surface area contributed by atoms with Gasteiger partial charge in [-0.25, -0.2) is 4.98 Å². The van der Waals surface area contributed by atoms with Crippen LogP contribution in [-0.4, -0.2) is 35.8 Å². The van der Waals surface area contributed by atoms with Crippen LogP contribution in [0.25, 0.3) is 0 Å². The average molecular weight is 431 g/mol. The van der Waals surface area contributed by atoms with Gasteiger partial charge in [0.1, 0.15) is 5.82 Å². The molecule has 5 rings (SSSR count).